The van der Waals surface area contributed by atoms with Gasteiger partial charge in [-0.2, -0.15) is 5.26 Å². The van der Waals surface area contributed by atoms with Crippen LogP contribution in [-0.4, -0.2) is 36.9 Å². The van der Waals surface area contributed by atoms with Gasteiger partial charge in [0.1, 0.15) is 11.8 Å². The number of carbonyl (C=O) groups is 1. The van der Waals surface area contributed by atoms with Crippen LogP contribution in [0.3, 0.4) is 0 Å². The zero-order valence-corrected chi connectivity index (χ0v) is 12.3. The number of hydrogen-bond acceptors (Lipinski definition) is 6. The molecule has 112 valence electrons. The molecule has 0 bridgehead atoms. The van der Waals surface area contributed by atoms with Gasteiger partial charge < -0.3 is 15.0 Å². The lowest BCUT2D eigenvalue weighted by molar-refractivity contribution is -0.135. The number of amidine groups is 1. The molecule has 0 aliphatic carbocycles. The highest BCUT2D eigenvalue weighted by molar-refractivity contribution is 6.12. The van der Waals surface area contributed by atoms with Crippen molar-refractivity contribution in [1.82, 2.24) is 4.90 Å². The fourth-order valence-electron chi connectivity index (χ4n) is 2.68. The topological polar surface area (TPSA) is 77.7 Å². The number of rotatable bonds is 1. The van der Waals surface area contributed by atoms with Crippen molar-refractivity contribution in [3.63, 3.8) is 0 Å². The van der Waals surface area contributed by atoms with E-state index in [0.29, 0.717) is 11.5 Å². The normalized spacial score (nSPS) is 18.7. The monoisotopic (exact) mass is 296 g/mol. The lowest BCUT2D eigenvalue weighted by atomic mass is 10.1. The van der Waals surface area contributed by atoms with Gasteiger partial charge in [0, 0.05) is 13.1 Å². The minimum absolute atomic E-state index is 0.0531. The van der Waals surface area contributed by atoms with Gasteiger partial charge in [0.15, 0.2) is 11.4 Å². The van der Waals surface area contributed by atoms with Crippen molar-refractivity contribution < 1.29 is 9.53 Å². The highest BCUT2D eigenvalue weighted by atomic mass is 16.5. The molecule has 22 heavy (non-hydrogen) atoms. The predicted octanol–water partition coefficient (Wildman–Crippen LogP) is 2.19. The second-order valence-electron chi connectivity index (χ2n) is 5.13. The third-order valence-electron chi connectivity index (χ3n) is 3.77. The van der Waals surface area contributed by atoms with Crippen LogP contribution in [0.15, 0.2) is 40.5 Å². The third kappa shape index (κ3) is 2.42. The maximum atomic E-state index is 11.9. The maximum absolute atomic E-state index is 11.9. The molecule has 0 unspecified atom stereocenters. The van der Waals surface area contributed by atoms with Gasteiger partial charge in [0.2, 0.25) is 0 Å². The van der Waals surface area contributed by atoms with Gasteiger partial charge in [-0.05, 0) is 25.0 Å². The lowest BCUT2D eigenvalue weighted by Crippen LogP contribution is -2.35. The third-order valence-corrected chi connectivity index (χ3v) is 3.77. The molecule has 0 spiro atoms. The van der Waals surface area contributed by atoms with Gasteiger partial charge in [-0.1, -0.05) is 12.1 Å². The Bertz CT molecular complexity index is 709. The Morgan fingerprint density at radius 2 is 2.09 bits per heavy atom. The van der Waals surface area contributed by atoms with E-state index < -0.39 is 5.97 Å². The second-order valence-corrected chi connectivity index (χ2v) is 5.13. The summed E-state index contributed by atoms with van der Waals surface area (Å²) < 4.78 is 4.72. The summed E-state index contributed by atoms with van der Waals surface area (Å²) in [6, 6.07) is 9.50. The van der Waals surface area contributed by atoms with Gasteiger partial charge in [-0.3, -0.25) is 0 Å². The molecule has 1 fully saturated rings. The summed E-state index contributed by atoms with van der Waals surface area (Å²) in [4.78, 5) is 18.7. The first-order chi connectivity index (χ1) is 10.7. The minimum atomic E-state index is -0.656. The molecular weight excluding hydrogens is 280 g/mol. The molecule has 1 aromatic carbocycles. The summed E-state index contributed by atoms with van der Waals surface area (Å²) in [6.45, 7) is 1.73. The Kier molecular flexibility index (Phi) is 3.79. The number of carbonyl (C=O) groups excluding carboxylic acids is 1. The summed E-state index contributed by atoms with van der Waals surface area (Å²) in [5, 5.41) is 12.5. The molecule has 0 atom stereocenters. The molecular formula is C16H16N4O2. The molecule has 2 aliphatic rings. The number of nitrogens with one attached hydrogen (secondary N) is 1. The van der Waals surface area contributed by atoms with Crippen LogP contribution in [0.5, 0.6) is 0 Å². The molecule has 1 aromatic rings. The van der Waals surface area contributed by atoms with Crippen LogP contribution in [0.4, 0.5) is 11.4 Å². The Balaban J connectivity index is 2.14. The first-order valence-electron chi connectivity index (χ1n) is 7.17. The van der Waals surface area contributed by atoms with Gasteiger partial charge >= 0.3 is 5.97 Å². The number of likely N-dealkylation sites (tertiary alicyclic amines) is 1. The van der Waals surface area contributed by atoms with E-state index >= 15 is 0 Å². The maximum Gasteiger partial charge on any atom is 0.350 e. The van der Waals surface area contributed by atoms with E-state index in [-0.39, 0.29) is 5.57 Å². The fraction of sp³-hybridized carbons (Fsp3) is 0.312. The number of benzene rings is 1. The van der Waals surface area contributed by atoms with Crippen molar-refractivity contribution in [3.8, 4) is 6.07 Å². The number of ether oxygens (including phenoxy) is 1. The summed E-state index contributed by atoms with van der Waals surface area (Å²) in [7, 11) is 1.27. The van der Waals surface area contributed by atoms with Crippen LogP contribution in [0.1, 0.15) is 12.8 Å². The number of esters is 1. The fourth-order valence-corrected chi connectivity index (χ4v) is 2.68. The zero-order valence-electron chi connectivity index (χ0n) is 12.3. The van der Waals surface area contributed by atoms with Crippen LogP contribution in [0, 0.1) is 11.3 Å². The van der Waals surface area contributed by atoms with E-state index in [9.17, 15) is 10.1 Å². The SMILES string of the molecule is COC(=O)/C(C#N)=C1\Nc2ccccc2N=C1N1CCCC1. The largest absolute Gasteiger partial charge is 0.465 e. The van der Waals surface area contributed by atoms with Crippen LogP contribution < -0.4 is 5.32 Å². The average Bonchev–Trinajstić information content (AvgIpc) is 3.09. The number of aliphatic imine (C=N–C) groups is 1. The summed E-state index contributed by atoms with van der Waals surface area (Å²) in [5.74, 6) is -0.0190. The minimum Gasteiger partial charge on any atom is -0.465 e. The smallest absolute Gasteiger partial charge is 0.350 e. The number of fused-ring (bicyclic) bond motifs is 1. The van der Waals surface area contributed by atoms with Crippen LogP contribution in [0.25, 0.3) is 0 Å². The highest BCUT2D eigenvalue weighted by Crippen LogP contribution is 2.33. The Labute approximate surface area is 128 Å². The molecule has 3 rings (SSSR count). The number of methoxy groups -OCH3 is 1. The molecule has 0 aromatic heterocycles. The average molecular weight is 296 g/mol. The van der Waals surface area contributed by atoms with E-state index in [4.69, 9.17) is 4.74 Å². The standard InChI is InChI=1S/C16H16N4O2/c1-22-16(21)11(10-17)14-15(20-8-4-5-9-20)19-13-7-3-2-6-12(13)18-14/h2-3,6-7,18H,4-5,8-9H2,1H3/b14-11-. The van der Waals surface area contributed by atoms with Crippen molar-refractivity contribution in [3.05, 3.63) is 35.5 Å². The predicted molar refractivity (Wildman–Crippen MR) is 82.6 cm³/mol. The van der Waals surface area contributed by atoms with Gasteiger partial charge in [0.25, 0.3) is 0 Å². The molecule has 6 heteroatoms. The van der Waals surface area contributed by atoms with E-state index in [0.717, 1.165) is 37.3 Å². The molecule has 1 N–H and O–H groups in total. The Morgan fingerprint density at radius 3 is 2.77 bits per heavy atom. The van der Waals surface area contributed by atoms with Crippen molar-refractivity contribution in [2.45, 2.75) is 12.8 Å². The molecule has 0 amide bonds. The van der Waals surface area contributed by atoms with Gasteiger partial charge in [0.05, 0.1) is 18.5 Å². The zero-order chi connectivity index (χ0) is 15.5. The number of anilines is 1. The first-order valence-corrected chi connectivity index (χ1v) is 7.17. The first kappa shape index (κ1) is 14.1. The number of nitrogens with zero attached hydrogens (tertiary/aromatic N) is 3. The molecule has 1 saturated heterocycles. The van der Waals surface area contributed by atoms with Crippen LogP contribution in [0.2, 0.25) is 0 Å². The molecule has 2 aliphatic heterocycles. The molecule has 2 heterocycles. The van der Waals surface area contributed by atoms with Crippen LogP contribution in [-0.2, 0) is 9.53 Å². The van der Waals surface area contributed by atoms with Crippen LogP contribution >= 0.6 is 0 Å². The highest BCUT2D eigenvalue weighted by Gasteiger charge is 2.29. The van der Waals surface area contributed by atoms with E-state index in [1.165, 1.54) is 7.11 Å². The van der Waals surface area contributed by atoms with Crippen molar-refractivity contribution in [2.75, 3.05) is 25.5 Å². The molecule has 0 radical (unpaired) electrons. The van der Waals surface area contributed by atoms with E-state index in [2.05, 4.69) is 15.2 Å². The summed E-state index contributed by atoms with van der Waals surface area (Å²) >= 11 is 0. The van der Waals surface area contributed by atoms with Crippen molar-refractivity contribution >= 4 is 23.2 Å². The van der Waals surface area contributed by atoms with Crippen molar-refractivity contribution in [2.24, 2.45) is 4.99 Å². The van der Waals surface area contributed by atoms with Gasteiger partial charge in [-0.15, -0.1) is 0 Å². The quantitative estimate of drug-likeness (QED) is 0.488. The number of para-hydroxylation sites is 2. The van der Waals surface area contributed by atoms with E-state index in [1.807, 2.05) is 30.3 Å². The number of nitriles is 1. The summed E-state index contributed by atoms with van der Waals surface area (Å²) in [5.41, 5.74) is 1.95. The Hall–Kier alpha value is -2.81. The summed E-state index contributed by atoms with van der Waals surface area (Å²) in [6.07, 6.45) is 2.15. The molecule has 6 nitrogen and oxygen atoms in total. The molecule has 0 saturated carbocycles. The number of hydrogen-bond donors (Lipinski definition) is 1. The van der Waals surface area contributed by atoms with E-state index in [1.54, 1.807) is 0 Å². The Morgan fingerprint density at radius 1 is 1.36 bits per heavy atom. The lowest BCUT2D eigenvalue weighted by Gasteiger charge is -2.27. The van der Waals surface area contributed by atoms with Crippen molar-refractivity contribution in [1.29, 1.82) is 5.26 Å². The second kappa shape index (κ2) is 5.90. The van der Waals surface area contributed by atoms with Gasteiger partial charge in [-0.25, -0.2) is 9.79 Å².